The van der Waals surface area contributed by atoms with E-state index in [9.17, 15) is 0 Å². The lowest BCUT2D eigenvalue weighted by Gasteiger charge is -2.29. The molecule has 0 aliphatic carbocycles. The molecule has 94 valence electrons. The highest BCUT2D eigenvalue weighted by atomic mass is 35.5. The lowest BCUT2D eigenvalue weighted by molar-refractivity contribution is 0.216. The fourth-order valence-corrected chi connectivity index (χ4v) is 2.42. The minimum Gasteiger partial charge on any atom is -0.312 e. The molecule has 1 heterocycles. The molecule has 1 aromatic carbocycles. The zero-order valence-electron chi connectivity index (χ0n) is 10.5. The third-order valence-electron chi connectivity index (χ3n) is 3.51. The van der Waals surface area contributed by atoms with Crippen molar-refractivity contribution in [2.75, 3.05) is 26.7 Å². The lowest BCUT2D eigenvalue weighted by Crippen LogP contribution is -2.34. The molecule has 1 fully saturated rings. The number of hydrogen-bond donors (Lipinski definition) is 1. The van der Waals surface area contributed by atoms with Crippen LogP contribution in [-0.2, 0) is 6.54 Å². The van der Waals surface area contributed by atoms with Crippen LogP contribution in [0, 0.1) is 5.92 Å². The molecule has 0 radical (unpaired) electrons. The number of halogens is 1. The van der Waals surface area contributed by atoms with Crippen LogP contribution >= 0.6 is 11.6 Å². The first-order chi connectivity index (χ1) is 8.24. The lowest BCUT2D eigenvalue weighted by atomic mass is 9.97. The fraction of sp³-hybridized carbons (Fsp3) is 0.571. The summed E-state index contributed by atoms with van der Waals surface area (Å²) in [5, 5.41) is 4.35. The normalized spacial score (nSPS) is 18.5. The van der Waals surface area contributed by atoms with Gasteiger partial charge in [0.25, 0.3) is 0 Å². The Hall–Kier alpha value is -0.570. The number of rotatable bonds is 4. The Bertz CT molecular complexity index is 329. The highest BCUT2D eigenvalue weighted by Crippen LogP contribution is 2.15. The Morgan fingerprint density at radius 2 is 1.88 bits per heavy atom. The van der Waals surface area contributed by atoms with Crippen molar-refractivity contribution in [3.05, 3.63) is 34.9 Å². The summed E-state index contributed by atoms with van der Waals surface area (Å²) in [6.45, 7) is 4.57. The van der Waals surface area contributed by atoms with Gasteiger partial charge in [0, 0.05) is 11.6 Å². The molecule has 0 aromatic heterocycles. The Balaban J connectivity index is 1.67. The van der Waals surface area contributed by atoms with Gasteiger partial charge in [-0.2, -0.15) is 0 Å². The van der Waals surface area contributed by atoms with E-state index in [-0.39, 0.29) is 0 Å². The van der Waals surface area contributed by atoms with Crippen molar-refractivity contribution in [1.29, 1.82) is 0 Å². The van der Waals surface area contributed by atoms with Crippen LogP contribution in [0.1, 0.15) is 18.4 Å². The third kappa shape index (κ3) is 4.30. The largest absolute Gasteiger partial charge is 0.312 e. The van der Waals surface area contributed by atoms with Gasteiger partial charge in [-0.25, -0.2) is 0 Å². The Labute approximate surface area is 109 Å². The zero-order chi connectivity index (χ0) is 12.1. The molecule has 3 heteroatoms. The van der Waals surface area contributed by atoms with Gasteiger partial charge in [-0.1, -0.05) is 23.7 Å². The van der Waals surface area contributed by atoms with E-state index in [2.05, 4.69) is 29.4 Å². The molecule has 0 saturated carbocycles. The van der Waals surface area contributed by atoms with E-state index in [0.29, 0.717) is 0 Å². The van der Waals surface area contributed by atoms with E-state index < -0.39 is 0 Å². The maximum Gasteiger partial charge on any atom is 0.0406 e. The summed E-state index contributed by atoms with van der Waals surface area (Å²) in [6, 6.07) is 8.08. The first-order valence-electron chi connectivity index (χ1n) is 6.38. The minimum absolute atomic E-state index is 0.809. The summed E-state index contributed by atoms with van der Waals surface area (Å²) >= 11 is 5.86. The van der Waals surface area contributed by atoms with Crippen LogP contribution in [0.5, 0.6) is 0 Å². The molecule has 1 aromatic rings. The minimum atomic E-state index is 0.809. The van der Waals surface area contributed by atoms with Crippen molar-refractivity contribution in [1.82, 2.24) is 10.2 Å². The topological polar surface area (TPSA) is 15.3 Å². The maximum atomic E-state index is 5.86. The van der Waals surface area contributed by atoms with Crippen LogP contribution in [0.3, 0.4) is 0 Å². The highest BCUT2D eigenvalue weighted by Gasteiger charge is 2.15. The number of nitrogens with zero attached hydrogens (tertiary/aromatic N) is 1. The third-order valence-corrected chi connectivity index (χ3v) is 3.77. The van der Waals surface area contributed by atoms with Gasteiger partial charge < -0.3 is 10.2 Å². The zero-order valence-corrected chi connectivity index (χ0v) is 11.2. The smallest absolute Gasteiger partial charge is 0.0406 e. The molecule has 2 nitrogen and oxygen atoms in total. The average molecular weight is 253 g/mol. The molecule has 1 aliphatic rings. The molecule has 1 N–H and O–H groups in total. The van der Waals surface area contributed by atoms with Gasteiger partial charge in [0.1, 0.15) is 0 Å². The van der Waals surface area contributed by atoms with Crippen LogP contribution in [0.4, 0.5) is 0 Å². The van der Waals surface area contributed by atoms with Crippen molar-refractivity contribution in [2.24, 2.45) is 5.92 Å². The summed E-state index contributed by atoms with van der Waals surface area (Å²) in [6.07, 6.45) is 2.65. The first kappa shape index (κ1) is 12.9. The van der Waals surface area contributed by atoms with Crippen LogP contribution in [-0.4, -0.2) is 31.6 Å². The van der Waals surface area contributed by atoms with Crippen LogP contribution in [0.25, 0.3) is 0 Å². The number of nitrogens with one attached hydrogen (secondary N) is 1. The second-order valence-corrected chi connectivity index (χ2v) is 5.44. The summed E-state index contributed by atoms with van der Waals surface area (Å²) in [7, 11) is 2.21. The van der Waals surface area contributed by atoms with E-state index in [1.165, 1.54) is 31.5 Å². The van der Waals surface area contributed by atoms with Gasteiger partial charge in [-0.3, -0.25) is 0 Å². The van der Waals surface area contributed by atoms with Gasteiger partial charge in [0.15, 0.2) is 0 Å². The number of hydrogen-bond acceptors (Lipinski definition) is 2. The molecule has 0 bridgehead atoms. The SMILES string of the molecule is CN1CCC(CNCc2ccc(Cl)cc2)CC1. The standard InChI is InChI=1S/C14H21ClN2/c1-17-8-6-13(7-9-17)11-16-10-12-2-4-14(15)5-3-12/h2-5,13,16H,6-11H2,1H3. The Morgan fingerprint density at radius 3 is 2.53 bits per heavy atom. The molecule has 0 atom stereocenters. The molecule has 17 heavy (non-hydrogen) atoms. The summed E-state index contributed by atoms with van der Waals surface area (Å²) in [4.78, 5) is 2.41. The van der Waals surface area contributed by atoms with E-state index >= 15 is 0 Å². The summed E-state index contributed by atoms with van der Waals surface area (Å²) in [5.74, 6) is 0.846. The monoisotopic (exact) mass is 252 g/mol. The molecule has 2 rings (SSSR count). The molecule has 0 spiro atoms. The number of piperidine rings is 1. The predicted octanol–water partition coefficient (Wildman–Crippen LogP) is 2.77. The Morgan fingerprint density at radius 1 is 1.24 bits per heavy atom. The van der Waals surface area contributed by atoms with E-state index in [4.69, 9.17) is 11.6 Å². The van der Waals surface area contributed by atoms with Gasteiger partial charge in [0.2, 0.25) is 0 Å². The molecule has 1 aliphatic heterocycles. The molecule has 1 saturated heterocycles. The van der Waals surface area contributed by atoms with Crippen LogP contribution in [0.2, 0.25) is 5.02 Å². The van der Waals surface area contributed by atoms with Crippen LogP contribution in [0.15, 0.2) is 24.3 Å². The summed E-state index contributed by atoms with van der Waals surface area (Å²) < 4.78 is 0. The van der Waals surface area contributed by atoms with Gasteiger partial charge in [0.05, 0.1) is 0 Å². The summed E-state index contributed by atoms with van der Waals surface area (Å²) in [5.41, 5.74) is 1.31. The van der Waals surface area contributed by atoms with E-state index in [0.717, 1.165) is 24.0 Å². The second-order valence-electron chi connectivity index (χ2n) is 5.00. The molecule has 0 unspecified atom stereocenters. The fourth-order valence-electron chi connectivity index (χ4n) is 2.29. The molecule has 0 amide bonds. The second kappa shape index (κ2) is 6.39. The van der Waals surface area contributed by atoms with Crippen molar-refractivity contribution in [3.8, 4) is 0 Å². The maximum absolute atomic E-state index is 5.86. The van der Waals surface area contributed by atoms with Crippen molar-refractivity contribution in [2.45, 2.75) is 19.4 Å². The van der Waals surface area contributed by atoms with Gasteiger partial charge in [-0.15, -0.1) is 0 Å². The quantitative estimate of drug-likeness (QED) is 0.887. The molecular formula is C14H21ClN2. The first-order valence-corrected chi connectivity index (χ1v) is 6.75. The van der Waals surface area contributed by atoms with E-state index in [1.807, 2.05) is 12.1 Å². The number of likely N-dealkylation sites (tertiary alicyclic amines) is 1. The highest BCUT2D eigenvalue weighted by molar-refractivity contribution is 6.30. The van der Waals surface area contributed by atoms with Crippen molar-refractivity contribution >= 4 is 11.6 Å². The van der Waals surface area contributed by atoms with Gasteiger partial charge >= 0.3 is 0 Å². The predicted molar refractivity (Wildman–Crippen MR) is 73.4 cm³/mol. The Kier molecular flexibility index (Phi) is 4.84. The van der Waals surface area contributed by atoms with Crippen LogP contribution < -0.4 is 5.32 Å². The molecular weight excluding hydrogens is 232 g/mol. The van der Waals surface area contributed by atoms with Gasteiger partial charge in [-0.05, 0) is 63.1 Å². The van der Waals surface area contributed by atoms with Crippen molar-refractivity contribution in [3.63, 3.8) is 0 Å². The van der Waals surface area contributed by atoms with Crippen molar-refractivity contribution < 1.29 is 0 Å². The van der Waals surface area contributed by atoms with E-state index in [1.54, 1.807) is 0 Å². The average Bonchev–Trinajstić information content (AvgIpc) is 2.34. The number of benzene rings is 1.